The number of hydrogen-bond donors (Lipinski definition) is 2. The summed E-state index contributed by atoms with van der Waals surface area (Å²) in [6.45, 7) is 0.0147. The van der Waals surface area contributed by atoms with Crippen LogP contribution in [0.2, 0.25) is 0 Å². The van der Waals surface area contributed by atoms with Gasteiger partial charge in [-0.05, 0) is 30.4 Å². The van der Waals surface area contributed by atoms with Gasteiger partial charge in [-0.25, -0.2) is 0 Å². The van der Waals surface area contributed by atoms with Crippen LogP contribution in [-0.2, 0) is 31.5 Å². The third kappa shape index (κ3) is 9.55. The van der Waals surface area contributed by atoms with Gasteiger partial charge in [0.2, 0.25) is 5.91 Å². The second-order valence-corrected chi connectivity index (χ2v) is 8.28. The second-order valence-electron chi connectivity index (χ2n) is 6.80. The van der Waals surface area contributed by atoms with Crippen LogP contribution < -0.4 is 5.32 Å². The fourth-order valence-corrected chi connectivity index (χ4v) is 4.05. The molecule has 0 aromatic heterocycles. The molecule has 6 nitrogen and oxygen atoms in total. The Balaban J connectivity index is 1.83. The van der Waals surface area contributed by atoms with Crippen molar-refractivity contribution in [3.8, 4) is 0 Å². The third-order valence-electron chi connectivity index (χ3n) is 4.41. The van der Waals surface area contributed by atoms with Crippen LogP contribution in [-0.4, -0.2) is 35.8 Å². The molecule has 0 saturated heterocycles. The number of carbonyl (C=O) groups excluding carboxylic acids is 1. The topological polar surface area (TPSA) is 92.7 Å². The molecule has 0 spiro atoms. The molecule has 0 aliphatic heterocycles. The van der Waals surface area contributed by atoms with Crippen molar-refractivity contribution >= 4 is 19.9 Å². The third-order valence-corrected chi connectivity index (χ3v) is 5.72. The summed E-state index contributed by atoms with van der Waals surface area (Å²) >= 11 is 0. The molecule has 2 rings (SSSR count). The average molecular weight is 417 g/mol. The van der Waals surface area contributed by atoms with E-state index in [0.29, 0.717) is 12.6 Å². The molecule has 0 aliphatic rings. The minimum Gasteiger partial charge on any atom is -0.481 e. The highest BCUT2D eigenvalue weighted by Crippen LogP contribution is 2.28. The van der Waals surface area contributed by atoms with Crippen LogP contribution in [0, 0.1) is 0 Å². The molecule has 2 N–H and O–H groups in total. The lowest BCUT2D eigenvalue weighted by Crippen LogP contribution is -2.38. The maximum atomic E-state index is 12.4. The molecule has 156 valence electrons. The summed E-state index contributed by atoms with van der Waals surface area (Å²) < 4.78 is 18.0. The molecule has 2 atom stereocenters. The Bertz CT molecular complexity index is 782. The summed E-state index contributed by atoms with van der Waals surface area (Å²) in [6, 6.07) is 19.5. The number of aliphatic carboxylic acids is 1. The zero-order chi connectivity index (χ0) is 20.9. The normalized spacial score (nSPS) is 12.8. The molecule has 0 aliphatic carbocycles. The lowest BCUT2D eigenvalue weighted by atomic mass is 10.1. The van der Waals surface area contributed by atoms with Crippen LogP contribution in [0.25, 0.3) is 0 Å². The Morgan fingerprint density at radius 1 is 0.966 bits per heavy atom. The first-order valence-corrected chi connectivity index (χ1v) is 11.3. The predicted octanol–water partition coefficient (Wildman–Crippen LogP) is 3.70. The van der Waals surface area contributed by atoms with Crippen LogP contribution in [0.15, 0.2) is 60.7 Å². The zero-order valence-electron chi connectivity index (χ0n) is 16.4. The fourth-order valence-electron chi connectivity index (χ4n) is 2.88. The number of benzene rings is 2. The molecule has 1 amide bonds. The van der Waals surface area contributed by atoms with E-state index >= 15 is 0 Å². The number of unbranched alkanes of at least 4 members (excludes halogenated alkanes) is 1. The highest BCUT2D eigenvalue weighted by atomic mass is 31.1. The molecule has 7 heteroatoms. The molecule has 0 saturated carbocycles. The molecule has 0 fully saturated rings. The SMILES string of the molecule is O=C(O)CCNC(=O)[C@H](Cc1ccccc1)O[PH](=O)CCCCc1ccccc1. The Morgan fingerprint density at radius 3 is 2.21 bits per heavy atom. The largest absolute Gasteiger partial charge is 0.481 e. The fraction of sp³-hybridized carbons (Fsp3) is 0.364. The quantitative estimate of drug-likeness (QED) is 0.383. The molecular formula is C22H28NO5P. The van der Waals surface area contributed by atoms with Gasteiger partial charge in [0.05, 0.1) is 6.42 Å². The molecule has 0 radical (unpaired) electrons. The predicted molar refractivity (Wildman–Crippen MR) is 114 cm³/mol. The number of hydrogen-bond acceptors (Lipinski definition) is 4. The Kier molecular flexibility index (Phi) is 10.2. The van der Waals surface area contributed by atoms with Gasteiger partial charge < -0.3 is 14.9 Å². The maximum absolute atomic E-state index is 12.4. The number of nitrogens with one attached hydrogen (secondary N) is 1. The Morgan fingerprint density at radius 2 is 1.59 bits per heavy atom. The maximum Gasteiger partial charge on any atom is 0.305 e. The number of carboxylic acid groups (broad SMARTS) is 1. The van der Waals surface area contributed by atoms with Crippen molar-refractivity contribution in [2.45, 2.75) is 38.2 Å². The van der Waals surface area contributed by atoms with Gasteiger partial charge in [-0.15, -0.1) is 0 Å². The van der Waals surface area contributed by atoms with E-state index < -0.39 is 26.0 Å². The molecule has 0 heterocycles. The first kappa shape index (κ1) is 22.9. The van der Waals surface area contributed by atoms with Gasteiger partial charge in [-0.1, -0.05) is 60.7 Å². The molecule has 0 bridgehead atoms. The summed E-state index contributed by atoms with van der Waals surface area (Å²) in [5.41, 5.74) is 2.14. The Labute approximate surface area is 172 Å². The summed E-state index contributed by atoms with van der Waals surface area (Å²) in [5, 5.41) is 11.3. The van der Waals surface area contributed by atoms with Crippen LogP contribution in [0.3, 0.4) is 0 Å². The van der Waals surface area contributed by atoms with Crippen molar-refractivity contribution in [3.05, 3.63) is 71.8 Å². The van der Waals surface area contributed by atoms with E-state index in [9.17, 15) is 14.2 Å². The number of aryl methyl sites for hydroxylation is 1. The molecule has 1 unspecified atom stereocenters. The smallest absolute Gasteiger partial charge is 0.305 e. The second kappa shape index (κ2) is 12.9. The summed E-state index contributed by atoms with van der Waals surface area (Å²) in [5.74, 6) is -1.42. The standard InChI is InChI=1S/C22H28NO5P/c24-21(25)14-15-23-22(26)20(17-19-12-5-2-6-13-19)28-29(27)16-8-7-11-18-9-3-1-4-10-18/h1-6,9-10,12-13,20,29H,7-8,11,14-17H2,(H,23,26)(H,24,25)/t20-/m0/s1. The number of carboxylic acids is 1. The van der Waals surface area contributed by atoms with Gasteiger partial charge in [0.15, 0.2) is 8.03 Å². The highest BCUT2D eigenvalue weighted by Gasteiger charge is 2.22. The van der Waals surface area contributed by atoms with E-state index in [-0.39, 0.29) is 13.0 Å². The minimum absolute atomic E-state index is 0.0147. The van der Waals surface area contributed by atoms with Crippen molar-refractivity contribution in [2.75, 3.05) is 12.7 Å². The molecule has 2 aromatic carbocycles. The van der Waals surface area contributed by atoms with E-state index in [4.69, 9.17) is 9.63 Å². The lowest BCUT2D eigenvalue weighted by Gasteiger charge is -2.17. The molecule has 2 aromatic rings. The van der Waals surface area contributed by atoms with E-state index in [1.807, 2.05) is 48.5 Å². The van der Waals surface area contributed by atoms with Crippen molar-refractivity contribution in [1.29, 1.82) is 0 Å². The number of carbonyl (C=O) groups is 2. The van der Waals surface area contributed by atoms with Gasteiger partial charge in [-0.3, -0.25) is 14.2 Å². The van der Waals surface area contributed by atoms with E-state index in [1.54, 1.807) is 0 Å². The highest BCUT2D eigenvalue weighted by molar-refractivity contribution is 7.39. The summed E-state index contributed by atoms with van der Waals surface area (Å²) in [6.07, 6.45) is 2.22. The molecular weight excluding hydrogens is 389 g/mol. The minimum atomic E-state index is -2.37. The van der Waals surface area contributed by atoms with E-state index in [1.165, 1.54) is 5.56 Å². The van der Waals surface area contributed by atoms with Crippen LogP contribution in [0.4, 0.5) is 0 Å². The van der Waals surface area contributed by atoms with Gasteiger partial charge in [-0.2, -0.15) is 0 Å². The van der Waals surface area contributed by atoms with Crippen molar-refractivity contribution in [2.24, 2.45) is 0 Å². The van der Waals surface area contributed by atoms with E-state index in [2.05, 4.69) is 17.4 Å². The van der Waals surface area contributed by atoms with Gasteiger partial charge in [0, 0.05) is 19.1 Å². The van der Waals surface area contributed by atoms with Gasteiger partial charge >= 0.3 is 5.97 Å². The van der Waals surface area contributed by atoms with Crippen LogP contribution in [0.1, 0.15) is 30.4 Å². The monoisotopic (exact) mass is 417 g/mol. The Hall–Kier alpha value is -2.43. The van der Waals surface area contributed by atoms with Gasteiger partial charge in [0.1, 0.15) is 6.10 Å². The first-order valence-electron chi connectivity index (χ1n) is 9.81. The van der Waals surface area contributed by atoms with E-state index in [0.717, 1.165) is 24.8 Å². The number of amides is 1. The van der Waals surface area contributed by atoms with Crippen molar-refractivity contribution in [1.82, 2.24) is 5.32 Å². The van der Waals surface area contributed by atoms with Gasteiger partial charge in [0.25, 0.3) is 0 Å². The summed E-state index contributed by atoms with van der Waals surface area (Å²) in [4.78, 5) is 23.1. The molecule has 29 heavy (non-hydrogen) atoms. The summed E-state index contributed by atoms with van der Waals surface area (Å²) in [7, 11) is -2.37. The van der Waals surface area contributed by atoms with Crippen molar-refractivity contribution in [3.63, 3.8) is 0 Å². The average Bonchev–Trinajstić information content (AvgIpc) is 2.72. The zero-order valence-corrected chi connectivity index (χ0v) is 17.4. The van der Waals surface area contributed by atoms with Crippen LogP contribution >= 0.6 is 8.03 Å². The van der Waals surface area contributed by atoms with Crippen LogP contribution in [0.5, 0.6) is 0 Å². The lowest BCUT2D eigenvalue weighted by molar-refractivity contribution is -0.137. The van der Waals surface area contributed by atoms with Crippen molar-refractivity contribution < 1.29 is 23.8 Å². The first-order chi connectivity index (χ1) is 14.0. The number of rotatable bonds is 13.